The maximum Gasteiger partial charge on any atom is 0.251 e. The monoisotopic (exact) mass is 357 g/mol. The quantitative estimate of drug-likeness (QED) is 0.595. The van der Waals surface area contributed by atoms with Crippen LogP contribution in [0.2, 0.25) is 0 Å². The Morgan fingerprint density at radius 2 is 2.04 bits per heavy atom. The van der Waals surface area contributed by atoms with E-state index in [0.29, 0.717) is 43.9 Å². The van der Waals surface area contributed by atoms with Gasteiger partial charge in [0.25, 0.3) is 5.91 Å². The molecule has 1 aliphatic heterocycles. The molecule has 1 heterocycles. The first-order valence-corrected chi connectivity index (χ1v) is 8.87. The molecule has 0 radical (unpaired) electrons. The Bertz CT molecular complexity index is 731. The van der Waals surface area contributed by atoms with Gasteiger partial charge < -0.3 is 10.1 Å². The molecule has 0 bridgehead atoms. The summed E-state index contributed by atoms with van der Waals surface area (Å²) in [4.78, 5) is 37.4. The van der Waals surface area contributed by atoms with Gasteiger partial charge in [0, 0.05) is 18.7 Å². The van der Waals surface area contributed by atoms with Crippen molar-refractivity contribution in [2.45, 2.75) is 19.8 Å². The predicted octanol–water partition coefficient (Wildman–Crippen LogP) is 1.41. The third kappa shape index (κ3) is 3.77. The van der Waals surface area contributed by atoms with Crippen LogP contribution in [0.1, 0.15) is 30.1 Å². The van der Waals surface area contributed by atoms with Gasteiger partial charge in [-0.3, -0.25) is 19.8 Å². The van der Waals surface area contributed by atoms with Crippen LogP contribution in [0.25, 0.3) is 0 Å². The zero-order valence-corrected chi connectivity index (χ0v) is 14.7. The highest BCUT2D eigenvalue weighted by Gasteiger charge is 2.42. The van der Waals surface area contributed by atoms with Gasteiger partial charge in [0.05, 0.1) is 24.1 Å². The van der Waals surface area contributed by atoms with E-state index in [1.807, 2.05) is 19.1 Å². The Hall–Kier alpha value is -2.67. The van der Waals surface area contributed by atoms with Crippen molar-refractivity contribution in [2.24, 2.45) is 11.8 Å². The third-order valence-corrected chi connectivity index (χ3v) is 4.63. The number of nitrogens with one attached hydrogen (secondary N) is 2. The van der Waals surface area contributed by atoms with Crippen molar-refractivity contribution in [3.8, 4) is 0 Å². The molecule has 1 saturated heterocycles. The molecule has 1 aliphatic carbocycles. The van der Waals surface area contributed by atoms with E-state index < -0.39 is 0 Å². The lowest BCUT2D eigenvalue weighted by Crippen LogP contribution is -2.59. The van der Waals surface area contributed by atoms with Gasteiger partial charge in [0.2, 0.25) is 11.8 Å². The lowest BCUT2D eigenvalue weighted by Gasteiger charge is -2.38. The molecule has 0 unspecified atom stereocenters. The number of amides is 3. The van der Waals surface area contributed by atoms with E-state index in [9.17, 15) is 14.4 Å². The van der Waals surface area contributed by atoms with E-state index in [-0.39, 0.29) is 29.6 Å². The van der Waals surface area contributed by atoms with E-state index >= 15 is 0 Å². The Morgan fingerprint density at radius 1 is 1.27 bits per heavy atom. The number of hydrazine groups is 1. The number of hydrogen-bond acceptors (Lipinski definition) is 4. The van der Waals surface area contributed by atoms with Gasteiger partial charge >= 0.3 is 0 Å². The summed E-state index contributed by atoms with van der Waals surface area (Å²) in [6.07, 6.45) is 5.03. The zero-order chi connectivity index (χ0) is 18.5. The first-order valence-electron chi connectivity index (χ1n) is 8.87. The molecule has 2 aliphatic rings. The molecule has 0 aromatic heterocycles. The van der Waals surface area contributed by atoms with E-state index in [0.717, 1.165) is 0 Å². The Balaban J connectivity index is 1.73. The summed E-state index contributed by atoms with van der Waals surface area (Å²) in [5.74, 6) is -1.22. The summed E-state index contributed by atoms with van der Waals surface area (Å²) < 4.78 is 5.19. The standard InChI is InChI=1S/C19H23N3O4/c1-2-26-11-10-20-17(23)13-6-5-7-14(12-13)22-19(25)16-9-4-3-8-15(16)18(24)21-22/h3-7,12,15-16H,2,8-11H2,1H3,(H,20,23)(H,21,24)/t15-,16+/m1/s1. The molecule has 1 aromatic rings. The normalized spacial score (nSPS) is 22.0. The van der Waals surface area contributed by atoms with Crippen LogP contribution in [0, 0.1) is 11.8 Å². The average Bonchev–Trinajstić information content (AvgIpc) is 2.68. The SMILES string of the molecule is CCOCCNC(=O)c1cccc(N2NC(=O)[C@@H]3CC=CC[C@@H]3C2=O)c1. The molecular formula is C19H23N3O4. The van der Waals surface area contributed by atoms with Crippen LogP contribution in [0.5, 0.6) is 0 Å². The van der Waals surface area contributed by atoms with Gasteiger partial charge in [0.1, 0.15) is 0 Å². The smallest absolute Gasteiger partial charge is 0.251 e. The van der Waals surface area contributed by atoms with Crippen molar-refractivity contribution in [3.63, 3.8) is 0 Å². The molecule has 2 N–H and O–H groups in total. The van der Waals surface area contributed by atoms with E-state index in [2.05, 4.69) is 10.7 Å². The van der Waals surface area contributed by atoms with Crippen molar-refractivity contribution in [1.82, 2.24) is 10.7 Å². The maximum absolute atomic E-state index is 12.8. The minimum atomic E-state index is -0.350. The van der Waals surface area contributed by atoms with Crippen molar-refractivity contribution in [3.05, 3.63) is 42.0 Å². The molecule has 26 heavy (non-hydrogen) atoms. The second kappa shape index (κ2) is 8.14. The number of allylic oxidation sites excluding steroid dienone is 2. The molecule has 7 heteroatoms. The number of nitrogens with zero attached hydrogens (tertiary/aromatic N) is 1. The number of fused-ring (bicyclic) bond motifs is 1. The molecule has 1 aromatic carbocycles. The van der Waals surface area contributed by atoms with Crippen molar-refractivity contribution >= 4 is 23.4 Å². The van der Waals surface area contributed by atoms with Crippen LogP contribution >= 0.6 is 0 Å². The highest BCUT2D eigenvalue weighted by Crippen LogP contribution is 2.32. The van der Waals surface area contributed by atoms with E-state index in [1.165, 1.54) is 5.01 Å². The zero-order valence-electron chi connectivity index (χ0n) is 14.7. The van der Waals surface area contributed by atoms with Crippen LogP contribution in [0.4, 0.5) is 5.69 Å². The summed E-state index contributed by atoms with van der Waals surface area (Å²) in [5.41, 5.74) is 3.57. The van der Waals surface area contributed by atoms with Gasteiger partial charge in [0.15, 0.2) is 0 Å². The fraction of sp³-hybridized carbons (Fsp3) is 0.421. The number of rotatable bonds is 6. The molecule has 0 saturated carbocycles. The van der Waals surface area contributed by atoms with Gasteiger partial charge in [-0.1, -0.05) is 18.2 Å². The molecular weight excluding hydrogens is 334 g/mol. The fourth-order valence-corrected chi connectivity index (χ4v) is 3.25. The first-order chi connectivity index (χ1) is 12.6. The Kier molecular flexibility index (Phi) is 5.68. The molecule has 1 fully saturated rings. The second-order valence-electron chi connectivity index (χ2n) is 6.31. The summed E-state index contributed by atoms with van der Waals surface area (Å²) in [6, 6.07) is 6.67. The molecule has 2 atom stereocenters. The summed E-state index contributed by atoms with van der Waals surface area (Å²) in [5, 5.41) is 4.03. The third-order valence-electron chi connectivity index (χ3n) is 4.63. The van der Waals surface area contributed by atoms with Crippen LogP contribution in [0.3, 0.4) is 0 Å². The molecule has 3 rings (SSSR count). The van der Waals surface area contributed by atoms with E-state index in [1.54, 1.807) is 24.3 Å². The van der Waals surface area contributed by atoms with Gasteiger partial charge in [-0.2, -0.15) is 0 Å². The maximum atomic E-state index is 12.8. The highest BCUT2D eigenvalue weighted by atomic mass is 16.5. The number of anilines is 1. The van der Waals surface area contributed by atoms with Crippen LogP contribution in [-0.4, -0.2) is 37.5 Å². The van der Waals surface area contributed by atoms with Gasteiger partial charge in [-0.05, 0) is 38.0 Å². The van der Waals surface area contributed by atoms with Gasteiger partial charge in [-0.15, -0.1) is 0 Å². The predicted molar refractivity (Wildman–Crippen MR) is 96.3 cm³/mol. The summed E-state index contributed by atoms with van der Waals surface area (Å²) in [6.45, 7) is 3.34. The van der Waals surface area contributed by atoms with Crippen LogP contribution in [0.15, 0.2) is 36.4 Å². The second-order valence-corrected chi connectivity index (χ2v) is 6.31. The van der Waals surface area contributed by atoms with Crippen molar-refractivity contribution in [2.75, 3.05) is 24.8 Å². The number of carbonyl (C=O) groups is 3. The number of carbonyl (C=O) groups excluding carboxylic acids is 3. The molecule has 7 nitrogen and oxygen atoms in total. The topological polar surface area (TPSA) is 87.7 Å². The summed E-state index contributed by atoms with van der Waals surface area (Å²) >= 11 is 0. The fourth-order valence-electron chi connectivity index (χ4n) is 3.25. The van der Waals surface area contributed by atoms with Crippen molar-refractivity contribution < 1.29 is 19.1 Å². The number of ether oxygens (including phenoxy) is 1. The largest absolute Gasteiger partial charge is 0.380 e. The Labute approximate surface area is 152 Å². The lowest BCUT2D eigenvalue weighted by atomic mass is 9.80. The van der Waals surface area contributed by atoms with Gasteiger partial charge in [-0.25, -0.2) is 5.01 Å². The Morgan fingerprint density at radius 3 is 2.81 bits per heavy atom. The van der Waals surface area contributed by atoms with Crippen molar-refractivity contribution in [1.29, 1.82) is 0 Å². The molecule has 138 valence electrons. The molecule has 3 amide bonds. The van der Waals surface area contributed by atoms with Crippen LogP contribution in [-0.2, 0) is 14.3 Å². The highest BCUT2D eigenvalue weighted by molar-refractivity contribution is 6.05. The average molecular weight is 357 g/mol. The number of benzene rings is 1. The minimum absolute atomic E-state index is 0.146. The minimum Gasteiger partial charge on any atom is -0.380 e. The lowest BCUT2D eigenvalue weighted by molar-refractivity contribution is -0.139. The van der Waals surface area contributed by atoms with Crippen LogP contribution < -0.4 is 15.8 Å². The number of hydrogen-bond donors (Lipinski definition) is 2. The summed E-state index contributed by atoms with van der Waals surface area (Å²) in [7, 11) is 0. The first kappa shape index (κ1) is 18.1. The van der Waals surface area contributed by atoms with E-state index in [4.69, 9.17) is 4.74 Å². The molecule has 0 spiro atoms.